The first kappa shape index (κ1) is 13.1. The van der Waals surface area contributed by atoms with Crippen molar-refractivity contribution < 1.29 is 9.90 Å². The minimum absolute atomic E-state index is 0.907. The van der Waals surface area contributed by atoms with Gasteiger partial charge in [-0.3, -0.25) is 4.90 Å². The second-order valence-electron chi connectivity index (χ2n) is 4.89. The van der Waals surface area contributed by atoms with Crippen LogP contribution >= 0.6 is 11.3 Å². The van der Waals surface area contributed by atoms with Crippen LogP contribution in [-0.2, 0) is 24.4 Å². The zero-order chi connectivity index (χ0) is 13.9. The van der Waals surface area contributed by atoms with Gasteiger partial charge in [0.15, 0.2) is 0 Å². The minimum Gasteiger partial charge on any atom is -0.478 e. The van der Waals surface area contributed by atoms with Gasteiger partial charge in [0, 0.05) is 35.5 Å². The van der Waals surface area contributed by atoms with Crippen molar-refractivity contribution >= 4 is 23.4 Å². The van der Waals surface area contributed by atoms with Crippen LogP contribution in [0.25, 0.3) is 6.08 Å². The summed E-state index contributed by atoms with van der Waals surface area (Å²) in [6.45, 7) is 2.91. The van der Waals surface area contributed by atoms with Crippen molar-refractivity contribution in [2.75, 3.05) is 0 Å². The van der Waals surface area contributed by atoms with Crippen molar-refractivity contribution in [2.24, 2.45) is 0 Å². The average molecular weight is 285 g/mol. The highest BCUT2D eigenvalue weighted by atomic mass is 32.1. The lowest BCUT2D eigenvalue weighted by molar-refractivity contribution is -0.131. The number of nitrogens with zero attached hydrogens (tertiary/aromatic N) is 1. The summed E-state index contributed by atoms with van der Waals surface area (Å²) >= 11 is 1.65. The second kappa shape index (κ2) is 5.61. The third-order valence-electron chi connectivity index (χ3n) is 3.36. The first-order valence-electron chi connectivity index (χ1n) is 6.49. The van der Waals surface area contributed by atoms with Gasteiger partial charge in [0.1, 0.15) is 0 Å². The van der Waals surface area contributed by atoms with E-state index in [0.29, 0.717) is 0 Å². The number of carbonyl (C=O) groups is 1. The standard InChI is InChI=1S/C16H15NO2S/c18-16(19)8-7-14-5-6-15(20-14)11-17-9-12-3-1-2-4-13(12)10-17/h1-8H,9-11H2,(H,18,19). The van der Waals surface area contributed by atoms with E-state index in [2.05, 4.69) is 35.2 Å². The molecule has 1 aliphatic heterocycles. The minimum atomic E-state index is -0.907. The molecule has 0 radical (unpaired) electrons. The van der Waals surface area contributed by atoms with Crippen LogP contribution in [0.3, 0.4) is 0 Å². The number of thiophene rings is 1. The molecule has 0 aliphatic carbocycles. The Morgan fingerprint density at radius 2 is 1.90 bits per heavy atom. The molecule has 0 saturated carbocycles. The summed E-state index contributed by atoms with van der Waals surface area (Å²) in [5.41, 5.74) is 2.82. The van der Waals surface area contributed by atoms with Gasteiger partial charge in [-0.05, 0) is 29.3 Å². The molecule has 2 heterocycles. The third kappa shape index (κ3) is 2.98. The fraction of sp³-hybridized carbons (Fsp3) is 0.188. The molecule has 20 heavy (non-hydrogen) atoms. The van der Waals surface area contributed by atoms with Crippen molar-refractivity contribution in [3.8, 4) is 0 Å². The molecule has 0 saturated heterocycles. The Bertz CT molecular complexity index is 635. The van der Waals surface area contributed by atoms with Crippen molar-refractivity contribution in [3.05, 3.63) is 63.4 Å². The summed E-state index contributed by atoms with van der Waals surface area (Å²) in [7, 11) is 0. The highest BCUT2D eigenvalue weighted by molar-refractivity contribution is 7.12. The molecule has 1 aromatic carbocycles. The fourth-order valence-corrected chi connectivity index (χ4v) is 3.42. The smallest absolute Gasteiger partial charge is 0.328 e. The molecule has 0 amide bonds. The summed E-state index contributed by atoms with van der Waals surface area (Å²) in [5.74, 6) is -0.907. The maximum absolute atomic E-state index is 10.5. The van der Waals surface area contributed by atoms with Gasteiger partial charge in [0.2, 0.25) is 0 Å². The average Bonchev–Trinajstić information content (AvgIpc) is 3.02. The van der Waals surface area contributed by atoms with Crippen LogP contribution in [-0.4, -0.2) is 16.0 Å². The molecular weight excluding hydrogens is 270 g/mol. The number of fused-ring (bicyclic) bond motifs is 1. The largest absolute Gasteiger partial charge is 0.478 e. The monoisotopic (exact) mass is 285 g/mol. The number of hydrogen-bond donors (Lipinski definition) is 1. The number of carboxylic acid groups (broad SMARTS) is 1. The van der Waals surface area contributed by atoms with Gasteiger partial charge in [0.05, 0.1) is 0 Å². The van der Waals surface area contributed by atoms with E-state index >= 15 is 0 Å². The van der Waals surface area contributed by atoms with Crippen LogP contribution in [0.1, 0.15) is 20.9 Å². The fourth-order valence-electron chi connectivity index (χ4n) is 2.46. The molecule has 1 N–H and O–H groups in total. The molecule has 0 spiro atoms. The molecule has 3 rings (SSSR count). The number of carboxylic acids is 1. The van der Waals surface area contributed by atoms with Gasteiger partial charge in [-0.15, -0.1) is 11.3 Å². The van der Waals surface area contributed by atoms with Crippen LogP contribution in [0.5, 0.6) is 0 Å². The van der Waals surface area contributed by atoms with Crippen LogP contribution in [0.4, 0.5) is 0 Å². The van der Waals surface area contributed by atoms with Crippen LogP contribution in [0.15, 0.2) is 42.5 Å². The third-order valence-corrected chi connectivity index (χ3v) is 4.39. The molecule has 1 aliphatic rings. The molecule has 2 aromatic rings. The lowest BCUT2D eigenvalue weighted by Crippen LogP contribution is -2.14. The Morgan fingerprint density at radius 3 is 2.55 bits per heavy atom. The number of hydrogen-bond acceptors (Lipinski definition) is 3. The summed E-state index contributed by atoms with van der Waals surface area (Å²) in [6, 6.07) is 12.6. The van der Waals surface area contributed by atoms with E-state index in [0.717, 1.165) is 24.5 Å². The molecule has 0 atom stereocenters. The van der Waals surface area contributed by atoms with Crippen molar-refractivity contribution in [3.63, 3.8) is 0 Å². The Labute approximate surface area is 121 Å². The Morgan fingerprint density at radius 1 is 1.20 bits per heavy atom. The SMILES string of the molecule is O=C(O)C=Cc1ccc(CN2Cc3ccccc3C2)s1. The molecule has 1 aromatic heterocycles. The molecule has 102 valence electrons. The first-order chi connectivity index (χ1) is 9.70. The van der Waals surface area contributed by atoms with Gasteiger partial charge in [-0.1, -0.05) is 24.3 Å². The molecule has 0 unspecified atom stereocenters. The van der Waals surface area contributed by atoms with Crippen molar-refractivity contribution in [1.29, 1.82) is 0 Å². The summed E-state index contributed by atoms with van der Waals surface area (Å²) in [5, 5.41) is 8.62. The predicted octanol–water partition coefficient (Wildman–Crippen LogP) is 3.36. The van der Waals surface area contributed by atoms with E-state index in [9.17, 15) is 4.79 Å². The predicted molar refractivity (Wildman–Crippen MR) is 80.4 cm³/mol. The van der Waals surface area contributed by atoms with Gasteiger partial charge in [-0.2, -0.15) is 0 Å². The van der Waals surface area contributed by atoms with Gasteiger partial charge in [0.25, 0.3) is 0 Å². The van der Waals surface area contributed by atoms with E-state index < -0.39 is 5.97 Å². The van der Waals surface area contributed by atoms with E-state index in [1.807, 2.05) is 6.07 Å². The first-order valence-corrected chi connectivity index (χ1v) is 7.31. The van der Waals surface area contributed by atoms with Gasteiger partial charge in [-0.25, -0.2) is 4.79 Å². The Kier molecular flexibility index (Phi) is 3.67. The topological polar surface area (TPSA) is 40.5 Å². The normalized spacial score (nSPS) is 14.8. The molecular formula is C16H15NO2S. The number of aliphatic carboxylic acids is 1. The van der Waals surface area contributed by atoms with Crippen molar-refractivity contribution in [1.82, 2.24) is 4.90 Å². The quantitative estimate of drug-likeness (QED) is 0.876. The lowest BCUT2D eigenvalue weighted by Gasteiger charge is -2.12. The zero-order valence-corrected chi connectivity index (χ0v) is 11.8. The van der Waals surface area contributed by atoms with E-state index in [-0.39, 0.29) is 0 Å². The maximum atomic E-state index is 10.5. The van der Waals surface area contributed by atoms with E-state index in [4.69, 9.17) is 5.11 Å². The Hall–Kier alpha value is -1.91. The highest BCUT2D eigenvalue weighted by Crippen LogP contribution is 2.26. The van der Waals surface area contributed by atoms with Crippen LogP contribution in [0, 0.1) is 0 Å². The van der Waals surface area contributed by atoms with Crippen LogP contribution in [0.2, 0.25) is 0 Å². The molecule has 0 bridgehead atoms. The van der Waals surface area contributed by atoms with E-state index in [1.54, 1.807) is 17.4 Å². The Balaban J connectivity index is 1.64. The summed E-state index contributed by atoms with van der Waals surface area (Å²) < 4.78 is 0. The van der Waals surface area contributed by atoms with Crippen molar-refractivity contribution in [2.45, 2.75) is 19.6 Å². The highest BCUT2D eigenvalue weighted by Gasteiger charge is 2.18. The number of rotatable bonds is 4. The molecule has 0 fully saturated rings. The zero-order valence-electron chi connectivity index (χ0n) is 11.0. The lowest BCUT2D eigenvalue weighted by atomic mass is 10.1. The molecule has 4 heteroatoms. The van der Waals surface area contributed by atoms with Crippen LogP contribution < -0.4 is 0 Å². The second-order valence-corrected chi connectivity index (χ2v) is 6.09. The molecule has 3 nitrogen and oxygen atoms in total. The van der Waals surface area contributed by atoms with Gasteiger partial charge >= 0.3 is 5.97 Å². The number of benzene rings is 1. The van der Waals surface area contributed by atoms with E-state index in [1.165, 1.54) is 22.1 Å². The summed E-state index contributed by atoms with van der Waals surface area (Å²) in [6.07, 6.45) is 2.83. The maximum Gasteiger partial charge on any atom is 0.328 e. The van der Waals surface area contributed by atoms with Gasteiger partial charge < -0.3 is 5.11 Å². The summed E-state index contributed by atoms with van der Waals surface area (Å²) in [4.78, 5) is 15.1.